The fraction of sp³-hybridized carbons (Fsp3) is 0.231. The Kier molecular flexibility index (Phi) is 5.00. The van der Waals surface area contributed by atoms with Gasteiger partial charge in [0.25, 0.3) is 5.56 Å². The number of thioether (sulfide) groups is 1. The molecule has 106 valence electrons. The van der Waals surface area contributed by atoms with Crippen molar-refractivity contribution in [3.8, 4) is 5.75 Å². The average Bonchev–Trinajstić information content (AvgIpc) is 2.39. The molecule has 0 saturated carbocycles. The van der Waals surface area contributed by atoms with Gasteiger partial charge in [-0.15, -0.1) is 0 Å². The number of ether oxygens (including phenoxy) is 1. The van der Waals surface area contributed by atoms with Crippen molar-refractivity contribution in [1.82, 2.24) is 9.97 Å². The Hall–Kier alpha value is -2.02. The monoisotopic (exact) mass is 295 g/mol. The summed E-state index contributed by atoms with van der Waals surface area (Å²) in [4.78, 5) is 17.7. The van der Waals surface area contributed by atoms with E-state index in [4.69, 9.17) is 10.5 Å². The van der Waals surface area contributed by atoms with Crippen molar-refractivity contribution in [3.63, 3.8) is 0 Å². The summed E-state index contributed by atoms with van der Waals surface area (Å²) in [6, 6.07) is 7.49. The third-order valence-corrected chi connectivity index (χ3v) is 3.32. The predicted octanol–water partition coefficient (Wildman–Crippen LogP) is 2.05. The number of H-pyrrole nitrogens is 1. The van der Waals surface area contributed by atoms with E-state index in [-0.39, 0.29) is 22.9 Å². The number of nitrogens with zero attached hydrogens (tertiary/aromatic N) is 1. The molecular formula is C13H14FN3O2S. The van der Waals surface area contributed by atoms with E-state index in [2.05, 4.69) is 9.97 Å². The van der Waals surface area contributed by atoms with Gasteiger partial charge in [-0.1, -0.05) is 23.9 Å². The van der Waals surface area contributed by atoms with E-state index in [0.717, 1.165) is 0 Å². The molecule has 0 spiro atoms. The van der Waals surface area contributed by atoms with E-state index >= 15 is 0 Å². The molecule has 7 heteroatoms. The molecule has 1 heterocycles. The van der Waals surface area contributed by atoms with Crippen LogP contribution in [-0.2, 0) is 0 Å². The highest BCUT2D eigenvalue weighted by molar-refractivity contribution is 7.99. The van der Waals surface area contributed by atoms with E-state index in [1.807, 2.05) is 0 Å². The molecule has 2 rings (SSSR count). The highest BCUT2D eigenvalue weighted by Gasteiger charge is 2.02. The zero-order chi connectivity index (χ0) is 14.4. The number of anilines is 1. The molecular weight excluding hydrogens is 281 g/mol. The summed E-state index contributed by atoms with van der Waals surface area (Å²) in [5.74, 6) is 0.745. The molecule has 0 atom stereocenters. The van der Waals surface area contributed by atoms with Crippen LogP contribution in [0.3, 0.4) is 0 Å². The largest absolute Gasteiger partial charge is 0.490 e. The SMILES string of the molecule is Nc1cc(=O)[nH]c(SCCCOc2ccccc2F)n1. The fourth-order valence-corrected chi connectivity index (χ4v) is 2.29. The van der Waals surface area contributed by atoms with Crippen LogP contribution in [0.2, 0.25) is 0 Å². The summed E-state index contributed by atoms with van der Waals surface area (Å²) >= 11 is 1.37. The van der Waals surface area contributed by atoms with Crippen molar-refractivity contribution in [2.75, 3.05) is 18.1 Å². The Balaban J connectivity index is 1.74. The van der Waals surface area contributed by atoms with Gasteiger partial charge in [0.1, 0.15) is 5.82 Å². The van der Waals surface area contributed by atoms with Gasteiger partial charge in [-0.2, -0.15) is 0 Å². The molecule has 0 aliphatic carbocycles. The minimum Gasteiger partial charge on any atom is -0.490 e. The summed E-state index contributed by atoms with van der Waals surface area (Å²) < 4.78 is 18.6. The molecule has 0 unspecified atom stereocenters. The number of para-hydroxylation sites is 1. The van der Waals surface area contributed by atoms with Crippen molar-refractivity contribution in [2.24, 2.45) is 0 Å². The summed E-state index contributed by atoms with van der Waals surface area (Å²) in [6.07, 6.45) is 0.692. The van der Waals surface area contributed by atoms with Crippen LogP contribution in [0, 0.1) is 5.82 Å². The molecule has 0 amide bonds. The van der Waals surface area contributed by atoms with Crippen molar-refractivity contribution in [2.45, 2.75) is 11.6 Å². The first kappa shape index (κ1) is 14.4. The van der Waals surface area contributed by atoms with Gasteiger partial charge in [0.05, 0.1) is 6.61 Å². The number of hydrogen-bond acceptors (Lipinski definition) is 5. The number of aromatic amines is 1. The Morgan fingerprint density at radius 3 is 2.95 bits per heavy atom. The Labute approximate surface area is 119 Å². The van der Waals surface area contributed by atoms with E-state index in [9.17, 15) is 9.18 Å². The molecule has 5 nitrogen and oxygen atoms in total. The smallest absolute Gasteiger partial charge is 0.253 e. The lowest BCUT2D eigenvalue weighted by molar-refractivity contribution is 0.302. The quantitative estimate of drug-likeness (QED) is 0.484. The molecule has 1 aromatic heterocycles. The topological polar surface area (TPSA) is 81.0 Å². The lowest BCUT2D eigenvalue weighted by Gasteiger charge is -2.06. The zero-order valence-corrected chi connectivity index (χ0v) is 11.5. The number of aromatic nitrogens is 2. The highest BCUT2D eigenvalue weighted by Crippen LogP contribution is 2.17. The fourth-order valence-electron chi connectivity index (χ4n) is 1.49. The normalized spacial score (nSPS) is 10.4. The first-order valence-electron chi connectivity index (χ1n) is 6.02. The second-order valence-electron chi connectivity index (χ2n) is 3.96. The molecule has 0 saturated heterocycles. The van der Waals surface area contributed by atoms with Crippen LogP contribution < -0.4 is 16.0 Å². The number of nitrogens with one attached hydrogen (secondary N) is 1. The van der Waals surface area contributed by atoms with E-state index in [1.54, 1.807) is 18.2 Å². The average molecular weight is 295 g/mol. The van der Waals surface area contributed by atoms with Gasteiger partial charge in [-0.3, -0.25) is 4.79 Å². The summed E-state index contributed by atoms with van der Waals surface area (Å²) in [5, 5.41) is 0.473. The first-order valence-corrected chi connectivity index (χ1v) is 7.00. The van der Waals surface area contributed by atoms with Crippen LogP contribution in [0.5, 0.6) is 5.75 Å². The van der Waals surface area contributed by atoms with Crippen LogP contribution in [0.1, 0.15) is 6.42 Å². The minimum atomic E-state index is -0.373. The van der Waals surface area contributed by atoms with Crippen molar-refractivity contribution >= 4 is 17.6 Å². The standard InChI is InChI=1S/C13H14FN3O2S/c14-9-4-1-2-5-10(9)19-6-3-7-20-13-16-11(15)8-12(18)17-13/h1-2,4-5,8H,3,6-7H2,(H3,15,16,17,18). The lowest BCUT2D eigenvalue weighted by Crippen LogP contribution is -2.09. The van der Waals surface area contributed by atoms with Crippen molar-refractivity contribution in [1.29, 1.82) is 0 Å². The third-order valence-electron chi connectivity index (χ3n) is 2.36. The molecule has 20 heavy (non-hydrogen) atoms. The van der Waals surface area contributed by atoms with Crippen molar-refractivity contribution in [3.05, 3.63) is 46.5 Å². The van der Waals surface area contributed by atoms with E-state index < -0.39 is 0 Å². The van der Waals surface area contributed by atoms with Gasteiger partial charge in [-0.25, -0.2) is 9.37 Å². The van der Waals surface area contributed by atoms with Crippen LogP contribution >= 0.6 is 11.8 Å². The van der Waals surface area contributed by atoms with Crippen LogP contribution in [0.25, 0.3) is 0 Å². The summed E-state index contributed by atoms with van der Waals surface area (Å²) in [6.45, 7) is 0.389. The van der Waals surface area contributed by atoms with E-state index in [0.29, 0.717) is 23.9 Å². The van der Waals surface area contributed by atoms with Gasteiger partial charge in [0, 0.05) is 11.8 Å². The molecule has 0 aliphatic heterocycles. The Morgan fingerprint density at radius 1 is 1.40 bits per heavy atom. The number of halogens is 1. The second-order valence-corrected chi connectivity index (χ2v) is 5.04. The van der Waals surface area contributed by atoms with Crippen LogP contribution in [0.15, 0.2) is 40.3 Å². The molecule has 0 bridgehead atoms. The number of hydrogen-bond donors (Lipinski definition) is 2. The van der Waals surface area contributed by atoms with Gasteiger partial charge in [0.15, 0.2) is 16.7 Å². The van der Waals surface area contributed by atoms with Crippen molar-refractivity contribution < 1.29 is 9.13 Å². The maximum absolute atomic E-state index is 13.3. The molecule has 0 fully saturated rings. The summed E-state index contributed by atoms with van der Waals surface area (Å²) in [5.41, 5.74) is 5.20. The second kappa shape index (κ2) is 6.95. The van der Waals surface area contributed by atoms with Crippen LogP contribution in [-0.4, -0.2) is 22.3 Å². The number of benzene rings is 1. The number of nitrogen functional groups attached to an aromatic ring is 1. The van der Waals surface area contributed by atoms with Gasteiger partial charge < -0.3 is 15.5 Å². The Bertz CT molecular complexity index is 633. The van der Waals surface area contributed by atoms with Crippen LogP contribution in [0.4, 0.5) is 10.2 Å². The summed E-state index contributed by atoms with van der Waals surface area (Å²) in [7, 11) is 0. The van der Waals surface area contributed by atoms with E-state index in [1.165, 1.54) is 23.9 Å². The minimum absolute atomic E-state index is 0.193. The van der Waals surface area contributed by atoms with Gasteiger partial charge >= 0.3 is 0 Å². The molecule has 2 aromatic rings. The predicted molar refractivity (Wildman–Crippen MR) is 76.5 cm³/mol. The van der Waals surface area contributed by atoms with Gasteiger partial charge in [0.2, 0.25) is 0 Å². The Morgan fingerprint density at radius 2 is 2.20 bits per heavy atom. The lowest BCUT2D eigenvalue weighted by atomic mass is 10.3. The number of nitrogens with two attached hydrogens (primary N) is 1. The molecule has 3 N–H and O–H groups in total. The molecule has 1 aromatic carbocycles. The van der Waals surface area contributed by atoms with Gasteiger partial charge in [-0.05, 0) is 18.6 Å². The number of rotatable bonds is 6. The zero-order valence-electron chi connectivity index (χ0n) is 10.6. The third kappa shape index (κ3) is 4.27. The first-order chi connectivity index (χ1) is 9.65. The molecule has 0 radical (unpaired) electrons. The maximum atomic E-state index is 13.3. The molecule has 0 aliphatic rings. The highest BCUT2D eigenvalue weighted by atomic mass is 32.2. The maximum Gasteiger partial charge on any atom is 0.253 e.